The molecule has 0 unspecified atom stereocenters. The highest BCUT2D eigenvalue weighted by Gasteiger charge is 2.21. The number of nitrogens with zero attached hydrogens (tertiary/aromatic N) is 1. The maximum Gasteiger partial charge on any atom is 0.337 e. The van der Waals surface area contributed by atoms with E-state index >= 15 is 0 Å². The zero-order chi connectivity index (χ0) is 14.5. The molecule has 1 saturated heterocycles. The lowest BCUT2D eigenvalue weighted by atomic mass is 9.97. The van der Waals surface area contributed by atoms with E-state index < -0.39 is 0 Å². The van der Waals surface area contributed by atoms with Crippen LogP contribution >= 0.6 is 0 Å². The van der Waals surface area contributed by atoms with Gasteiger partial charge in [0.2, 0.25) is 0 Å². The SMILES string of the molecule is COCC1CCN(c2ccc(C(=O)OC)cc2N)CC1. The fourth-order valence-corrected chi connectivity index (χ4v) is 2.66. The number of rotatable bonds is 4. The third-order valence-electron chi connectivity index (χ3n) is 3.81. The predicted octanol–water partition coefficient (Wildman–Crippen LogP) is 1.92. The van der Waals surface area contributed by atoms with E-state index in [1.54, 1.807) is 19.2 Å². The summed E-state index contributed by atoms with van der Waals surface area (Å²) in [6.07, 6.45) is 2.21. The van der Waals surface area contributed by atoms with Crippen molar-refractivity contribution < 1.29 is 14.3 Å². The molecule has 1 aromatic rings. The highest BCUT2D eigenvalue weighted by molar-refractivity contribution is 5.91. The minimum absolute atomic E-state index is 0.359. The fraction of sp³-hybridized carbons (Fsp3) is 0.533. The summed E-state index contributed by atoms with van der Waals surface area (Å²) < 4.78 is 9.90. The van der Waals surface area contributed by atoms with Crippen molar-refractivity contribution in [2.24, 2.45) is 5.92 Å². The van der Waals surface area contributed by atoms with Crippen LogP contribution in [-0.2, 0) is 9.47 Å². The molecule has 2 rings (SSSR count). The molecule has 1 fully saturated rings. The zero-order valence-electron chi connectivity index (χ0n) is 12.1. The van der Waals surface area contributed by atoms with Gasteiger partial charge in [-0.15, -0.1) is 0 Å². The van der Waals surface area contributed by atoms with Crippen LogP contribution in [0.1, 0.15) is 23.2 Å². The minimum Gasteiger partial charge on any atom is -0.465 e. The lowest BCUT2D eigenvalue weighted by Crippen LogP contribution is -2.35. The third kappa shape index (κ3) is 3.22. The van der Waals surface area contributed by atoms with Crippen LogP contribution in [0.2, 0.25) is 0 Å². The van der Waals surface area contributed by atoms with Crippen LogP contribution in [-0.4, -0.2) is 39.9 Å². The lowest BCUT2D eigenvalue weighted by Gasteiger charge is -2.34. The van der Waals surface area contributed by atoms with Crippen LogP contribution in [0.25, 0.3) is 0 Å². The second-order valence-electron chi connectivity index (χ2n) is 5.15. The molecule has 1 aliphatic heterocycles. The van der Waals surface area contributed by atoms with E-state index in [1.807, 2.05) is 6.07 Å². The van der Waals surface area contributed by atoms with Crippen molar-refractivity contribution in [2.75, 3.05) is 44.5 Å². The summed E-state index contributed by atoms with van der Waals surface area (Å²) >= 11 is 0. The number of carbonyl (C=O) groups excluding carboxylic acids is 1. The number of benzene rings is 1. The van der Waals surface area contributed by atoms with Crippen LogP contribution < -0.4 is 10.6 Å². The molecule has 2 N–H and O–H groups in total. The standard InChI is InChI=1S/C15H22N2O3/c1-19-10-11-5-7-17(8-6-11)14-4-3-12(9-13(14)16)15(18)20-2/h3-4,9,11H,5-8,10,16H2,1-2H3. The van der Waals surface area contributed by atoms with Gasteiger partial charge < -0.3 is 20.1 Å². The van der Waals surface area contributed by atoms with Gasteiger partial charge in [-0.05, 0) is 37.0 Å². The quantitative estimate of drug-likeness (QED) is 0.673. The Labute approximate surface area is 119 Å². The smallest absolute Gasteiger partial charge is 0.337 e. The Hall–Kier alpha value is -1.75. The Kier molecular flexibility index (Phi) is 4.84. The van der Waals surface area contributed by atoms with Crippen molar-refractivity contribution in [1.82, 2.24) is 0 Å². The Bertz CT molecular complexity index is 468. The third-order valence-corrected chi connectivity index (χ3v) is 3.81. The van der Waals surface area contributed by atoms with Crippen LogP contribution in [0.15, 0.2) is 18.2 Å². The average molecular weight is 278 g/mol. The number of anilines is 2. The van der Waals surface area contributed by atoms with Crippen LogP contribution in [0.4, 0.5) is 11.4 Å². The number of nitrogen functional groups attached to an aromatic ring is 1. The van der Waals surface area contributed by atoms with E-state index in [1.165, 1.54) is 7.11 Å². The summed E-state index contributed by atoms with van der Waals surface area (Å²) in [5, 5.41) is 0. The van der Waals surface area contributed by atoms with Crippen molar-refractivity contribution in [3.63, 3.8) is 0 Å². The molecular formula is C15H22N2O3. The number of nitrogens with two attached hydrogens (primary N) is 1. The summed E-state index contributed by atoms with van der Waals surface area (Å²) in [7, 11) is 3.11. The molecular weight excluding hydrogens is 256 g/mol. The normalized spacial score (nSPS) is 16.2. The molecule has 0 saturated carbocycles. The number of hydrogen-bond acceptors (Lipinski definition) is 5. The number of ether oxygens (including phenoxy) is 2. The first-order chi connectivity index (χ1) is 9.65. The van der Waals surface area contributed by atoms with Gasteiger partial charge in [0.1, 0.15) is 0 Å². The second-order valence-corrected chi connectivity index (χ2v) is 5.15. The number of methoxy groups -OCH3 is 2. The summed E-state index contributed by atoms with van der Waals surface area (Å²) in [6, 6.07) is 5.35. The van der Waals surface area contributed by atoms with E-state index in [9.17, 15) is 4.79 Å². The van der Waals surface area contributed by atoms with Crippen molar-refractivity contribution in [3.8, 4) is 0 Å². The molecule has 0 aromatic heterocycles. The molecule has 0 spiro atoms. The molecule has 1 heterocycles. The zero-order valence-corrected chi connectivity index (χ0v) is 12.1. The van der Waals surface area contributed by atoms with Gasteiger partial charge in [0.25, 0.3) is 0 Å². The van der Waals surface area contributed by atoms with Gasteiger partial charge in [-0.25, -0.2) is 4.79 Å². The van der Waals surface area contributed by atoms with E-state index in [2.05, 4.69) is 4.90 Å². The molecule has 1 aromatic carbocycles. The predicted molar refractivity (Wildman–Crippen MR) is 79.0 cm³/mol. The van der Waals surface area contributed by atoms with Crippen molar-refractivity contribution in [3.05, 3.63) is 23.8 Å². The maximum absolute atomic E-state index is 11.5. The average Bonchev–Trinajstić information content (AvgIpc) is 2.47. The Morgan fingerprint density at radius 3 is 2.60 bits per heavy atom. The van der Waals surface area contributed by atoms with Crippen LogP contribution in [0, 0.1) is 5.92 Å². The molecule has 0 aliphatic carbocycles. The summed E-state index contributed by atoms with van der Waals surface area (Å²) in [5.41, 5.74) is 8.17. The molecule has 5 heteroatoms. The van der Waals surface area contributed by atoms with Gasteiger partial charge in [-0.1, -0.05) is 0 Å². The molecule has 5 nitrogen and oxygen atoms in total. The van der Waals surface area contributed by atoms with Crippen molar-refractivity contribution >= 4 is 17.3 Å². The largest absolute Gasteiger partial charge is 0.465 e. The topological polar surface area (TPSA) is 64.8 Å². The minimum atomic E-state index is -0.359. The number of carbonyl (C=O) groups is 1. The number of hydrogen-bond donors (Lipinski definition) is 1. The van der Waals surface area contributed by atoms with E-state index in [-0.39, 0.29) is 5.97 Å². The lowest BCUT2D eigenvalue weighted by molar-refractivity contribution is 0.0601. The molecule has 20 heavy (non-hydrogen) atoms. The maximum atomic E-state index is 11.5. The van der Waals surface area contributed by atoms with E-state index in [0.29, 0.717) is 17.2 Å². The van der Waals surface area contributed by atoms with Crippen LogP contribution in [0.3, 0.4) is 0 Å². The molecule has 0 amide bonds. The summed E-state index contributed by atoms with van der Waals surface area (Å²) in [4.78, 5) is 13.7. The summed E-state index contributed by atoms with van der Waals surface area (Å²) in [6.45, 7) is 2.76. The Morgan fingerprint density at radius 2 is 2.05 bits per heavy atom. The first kappa shape index (κ1) is 14.7. The second kappa shape index (κ2) is 6.61. The van der Waals surface area contributed by atoms with Gasteiger partial charge >= 0.3 is 5.97 Å². The van der Waals surface area contributed by atoms with Gasteiger partial charge in [-0.2, -0.15) is 0 Å². The van der Waals surface area contributed by atoms with Gasteiger partial charge in [-0.3, -0.25) is 0 Å². The van der Waals surface area contributed by atoms with Gasteiger partial charge in [0, 0.05) is 26.8 Å². The molecule has 0 bridgehead atoms. The highest BCUT2D eigenvalue weighted by atomic mass is 16.5. The molecule has 110 valence electrons. The van der Waals surface area contributed by atoms with E-state index in [4.69, 9.17) is 15.2 Å². The number of piperidine rings is 1. The summed E-state index contributed by atoms with van der Waals surface area (Å²) in [5.74, 6) is 0.272. The Morgan fingerprint density at radius 1 is 1.35 bits per heavy atom. The van der Waals surface area contributed by atoms with Gasteiger partial charge in [0.15, 0.2) is 0 Å². The Balaban J connectivity index is 2.05. The van der Waals surface area contributed by atoms with Crippen molar-refractivity contribution in [1.29, 1.82) is 0 Å². The first-order valence-electron chi connectivity index (χ1n) is 6.87. The molecule has 1 aliphatic rings. The van der Waals surface area contributed by atoms with Crippen molar-refractivity contribution in [2.45, 2.75) is 12.8 Å². The van der Waals surface area contributed by atoms with Gasteiger partial charge in [0.05, 0.1) is 24.0 Å². The number of esters is 1. The molecule has 0 atom stereocenters. The van der Waals surface area contributed by atoms with E-state index in [0.717, 1.165) is 38.2 Å². The first-order valence-corrected chi connectivity index (χ1v) is 6.87. The fourth-order valence-electron chi connectivity index (χ4n) is 2.66. The highest BCUT2D eigenvalue weighted by Crippen LogP contribution is 2.29. The molecule has 0 radical (unpaired) electrons. The monoisotopic (exact) mass is 278 g/mol. The van der Waals surface area contributed by atoms with Crippen LogP contribution in [0.5, 0.6) is 0 Å².